The van der Waals surface area contributed by atoms with Gasteiger partial charge in [-0.25, -0.2) is 44.6 Å². The Morgan fingerprint density at radius 2 is 1.05 bits per heavy atom. The summed E-state index contributed by atoms with van der Waals surface area (Å²) < 4.78 is 65.3. The first kappa shape index (κ1) is 48.0. The van der Waals surface area contributed by atoms with E-state index in [-0.39, 0.29) is 34.3 Å². The third-order valence-electron chi connectivity index (χ3n) is 9.44. The van der Waals surface area contributed by atoms with Gasteiger partial charge in [0.05, 0.1) is 35.6 Å². The second kappa shape index (κ2) is 19.3. The number of hydrogen-bond donors (Lipinski definition) is 2. The molecule has 0 bridgehead atoms. The van der Waals surface area contributed by atoms with Gasteiger partial charge in [0.25, 0.3) is 20.0 Å². The van der Waals surface area contributed by atoms with E-state index in [1.165, 1.54) is 23.8 Å². The van der Waals surface area contributed by atoms with Gasteiger partial charge in [0.1, 0.15) is 21.0 Å². The molecule has 2 heterocycles. The molecule has 7 rings (SSSR count). The summed E-state index contributed by atoms with van der Waals surface area (Å²) in [5.41, 5.74) is 2.74. The molecule has 5 aromatic rings. The van der Waals surface area contributed by atoms with Gasteiger partial charge >= 0.3 is 24.0 Å². The zero-order chi connectivity index (χ0) is 47.3. The summed E-state index contributed by atoms with van der Waals surface area (Å²) in [6.07, 6.45) is 1.43. The monoisotopic (exact) mass is 982 g/mol. The van der Waals surface area contributed by atoms with Crippen molar-refractivity contribution in [3.05, 3.63) is 153 Å². The number of aryl methyl sites for hydroxylation is 1. The smallest absolute Gasteiger partial charge is 0.338 e. The fourth-order valence-electron chi connectivity index (χ4n) is 6.37. The number of carbonyl (C=O) groups is 4. The summed E-state index contributed by atoms with van der Waals surface area (Å²) >= 11 is 3.25. The zero-order valence-corrected chi connectivity index (χ0v) is 39.7. The number of sulfonamides is 2. The van der Waals surface area contributed by atoms with Gasteiger partial charge in [-0.1, -0.05) is 82.4 Å². The zero-order valence-electron chi connectivity index (χ0n) is 36.5. The minimum atomic E-state index is -4.11. The highest BCUT2D eigenvalue weighted by molar-refractivity contribution is 9.10. The average molecular weight is 984 g/mol. The normalized spacial score (nSPS) is 14.8. The predicted molar refractivity (Wildman–Crippen MR) is 249 cm³/mol. The molecule has 338 valence electrons. The molecule has 2 N–H and O–H groups in total. The van der Waals surface area contributed by atoms with Gasteiger partial charge in [0, 0.05) is 16.5 Å². The molecule has 0 saturated heterocycles. The highest BCUT2D eigenvalue weighted by Crippen LogP contribution is 2.34. The van der Waals surface area contributed by atoms with E-state index in [0.29, 0.717) is 38.7 Å². The summed E-state index contributed by atoms with van der Waals surface area (Å²) in [7, 11) is -8.12. The van der Waals surface area contributed by atoms with Crippen LogP contribution in [0.15, 0.2) is 130 Å². The predicted octanol–water partition coefficient (Wildman–Crippen LogP) is 9.50. The molecule has 14 nitrogen and oxygen atoms in total. The number of anilines is 2. The van der Waals surface area contributed by atoms with Crippen LogP contribution in [0, 0.1) is 11.8 Å². The van der Waals surface area contributed by atoms with Crippen molar-refractivity contribution in [3.8, 4) is 11.8 Å². The van der Waals surface area contributed by atoms with Crippen LogP contribution in [0.2, 0.25) is 0 Å². The van der Waals surface area contributed by atoms with Gasteiger partial charge in [-0.3, -0.25) is 0 Å². The average Bonchev–Trinajstić information content (AvgIpc) is 3.23. The first-order chi connectivity index (χ1) is 30.5. The molecule has 2 aliphatic rings. The number of ether oxygens (including phenoxy) is 2. The van der Waals surface area contributed by atoms with Crippen molar-refractivity contribution in [3.63, 3.8) is 0 Å². The quantitative estimate of drug-likeness (QED) is 0.112. The van der Waals surface area contributed by atoms with Crippen LogP contribution in [-0.4, -0.2) is 60.6 Å². The first-order valence-electron chi connectivity index (χ1n) is 20.3. The molecule has 17 heteroatoms. The van der Waals surface area contributed by atoms with Crippen molar-refractivity contribution in [2.75, 3.05) is 10.6 Å². The lowest BCUT2D eigenvalue weighted by Gasteiger charge is -2.29. The van der Waals surface area contributed by atoms with E-state index in [0.717, 1.165) is 15.0 Å². The topological polar surface area (TPSA) is 186 Å². The fraction of sp³-hybridized carbons (Fsp3) is 0.250. The number of urea groups is 2. The number of carbonyl (C=O) groups excluding carboxylic acids is 4. The first-order valence-corrected chi connectivity index (χ1v) is 24.0. The second-order valence-electron chi connectivity index (χ2n) is 16.9. The van der Waals surface area contributed by atoms with Crippen LogP contribution in [0.3, 0.4) is 0 Å². The van der Waals surface area contributed by atoms with Crippen LogP contribution >= 0.6 is 15.9 Å². The maximum absolute atomic E-state index is 13.4. The molecule has 0 radical (unpaired) electrons. The molecule has 5 aromatic carbocycles. The van der Waals surface area contributed by atoms with Gasteiger partial charge < -0.3 is 20.1 Å². The Balaban J connectivity index is 0.000000224. The number of amides is 4. The molecule has 0 saturated carbocycles. The van der Waals surface area contributed by atoms with Crippen LogP contribution in [0.5, 0.6) is 0 Å². The number of nitrogens with one attached hydrogen (secondary N) is 2. The second-order valence-corrected chi connectivity index (χ2v) is 21.5. The van der Waals surface area contributed by atoms with E-state index in [9.17, 15) is 36.0 Å². The molecule has 0 unspecified atom stereocenters. The Hall–Kier alpha value is -6.48. The standard InChI is InChI=1S/C29H28N2O5S.C19H19BrN2O5S/c1-29(2,3)36-27(32)24-16-13-23(14-17-24)20-31-28(33)30-25-18-15-22(19-26(25)37(31,34)35)12-8-7-11-21-9-5-4-6-10-21;1-19(2,3)27-17(23)13-6-4-12(5-7-13)11-22-18(24)21-15-9-8-14(20)10-16(15)28(22,25)26/h4-6,9-10,13-19H,7,11,20H2,1-3H3,(H,30,33);4-10H,11H2,1-3H3,(H,21,24). The summed E-state index contributed by atoms with van der Waals surface area (Å²) in [5, 5.41) is 5.22. The van der Waals surface area contributed by atoms with Crippen molar-refractivity contribution in [1.29, 1.82) is 0 Å². The van der Waals surface area contributed by atoms with Gasteiger partial charge in [-0.05, 0) is 125 Å². The lowest BCUT2D eigenvalue weighted by Crippen LogP contribution is -2.43. The minimum absolute atomic E-state index is 0.00710. The highest BCUT2D eigenvalue weighted by atomic mass is 79.9. The molecule has 0 atom stereocenters. The van der Waals surface area contributed by atoms with E-state index in [1.807, 2.05) is 30.3 Å². The molecule has 0 aromatic heterocycles. The third kappa shape index (κ3) is 12.2. The van der Waals surface area contributed by atoms with Crippen LogP contribution < -0.4 is 10.6 Å². The van der Waals surface area contributed by atoms with Crippen LogP contribution in [-0.2, 0) is 49.0 Å². The van der Waals surface area contributed by atoms with E-state index >= 15 is 0 Å². The van der Waals surface area contributed by atoms with Crippen molar-refractivity contribution in [1.82, 2.24) is 8.61 Å². The van der Waals surface area contributed by atoms with Gasteiger partial charge in [-0.2, -0.15) is 0 Å². The summed E-state index contributed by atoms with van der Waals surface area (Å²) in [6.45, 7) is 10.3. The largest absolute Gasteiger partial charge is 0.456 e. The summed E-state index contributed by atoms with van der Waals surface area (Å²) in [6, 6.07) is 30.5. The number of rotatable bonds is 8. The van der Waals surface area contributed by atoms with E-state index in [1.54, 1.807) is 108 Å². The maximum Gasteiger partial charge on any atom is 0.338 e. The summed E-state index contributed by atoms with van der Waals surface area (Å²) in [4.78, 5) is 49.4. The lowest BCUT2D eigenvalue weighted by atomic mass is 10.1. The molecule has 65 heavy (non-hydrogen) atoms. The van der Waals surface area contributed by atoms with Crippen molar-refractivity contribution >= 4 is 71.4 Å². The van der Waals surface area contributed by atoms with Gasteiger partial charge in [0.2, 0.25) is 0 Å². The van der Waals surface area contributed by atoms with Gasteiger partial charge in [0.15, 0.2) is 0 Å². The number of fused-ring (bicyclic) bond motifs is 2. The number of halogens is 1. The number of benzene rings is 5. The molecular formula is C48H47BrN4O10S2. The molecule has 0 fully saturated rings. The Morgan fingerprint density at radius 3 is 1.51 bits per heavy atom. The van der Waals surface area contributed by atoms with E-state index in [2.05, 4.69) is 38.4 Å². The lowest BCUT2D eigenvalue weighted by molar-refractivity contribution is 0.00570. The highest BCUT2D eigenvalue weighted by Gasteiger charge is 2.38. The fourth-order valence-corrected chi connectivity index (χ4v) is 9.87. The minimum Gasteiger partial charge on any atom is -0.456 e. The third-order valence-corrected chi connectivity index (χ3v) is 13.5. The van der Waals surface area contributed by atoms with Crippen LogP contribution in [0.4, 0.5) is 21.0 Å². The number of nitrogens with zero attached hydrogens (tertiary/aromatic N) is 2. The maximum atomic E-state index is 13.4. The van der Waals surface area contributed by atoms with Crippen LogP contribution in [0.25, 0.3) is 0 Å². The Labute approximate surface area is 387 Å². The Kier molecular flexibility index (Phi) is 14.3. The molecule has 4 amide bonds. The Bertz CT molecular complexity index is 2920. The molecule has 0 spiro atoms. The SMILES string of the molecule is CC(C)(C)OC(=O)c1ccc(CN2C(=O)Nc3ccc(Br)cc3S2(=O)=O)cc1.CC(C)(C)OC(=O)c1ccc(CN2C(=O)Nc3ccc(C#CCCc4ccccc4)cc3S2(=O)=O)cc1. The van der Waals surface area contributed by atoms with E-state index < -0.39 is 55.2 Å². The summed E-state index contributed by atoms with van der Waals surface area (Å²) in [5.74, 6) is 5.16. The van der Waals surface area contributed by atoms with Crippen molar-refractivity contribution < 1.29 is 45.5 Å². The number of hydrogen-bond acceptors (Lipinski definition) is 10. The van der Waals surface area contributed by atoms with Crippen molar-refractivity contribution in [2.45, 2.75) is 88.5 Å². The molecule has 2 aliphatic heterocycles. The number of esters is 2. The van der Waals surface area contributed by atoms with Crippen molar-refractivity contribution in [2.24, 2.45) is 0 Å². The van der Waals surface area contributed by atoms with Crippen LogP contribution in [0.1, 0.15) is 90.9 Å². The molecule has 0 aliphatic carbocycles. The van der Waals surface area contributed by atoms with E-state index in [4.69, 9.17) is 9.47 Å². The molecular weight excluding hydrogens is 937 g/mol. The van der Waals surface area contributed by atoms with Gasteiger partial charge in [-0.15, -0.1) is 0 Å². The Morgan fingerprint density at radius 1 is 0.600 bits per heavy atom.